The fourth-order valence-electron chi connectivity index (χ4n) is 0.742. The van der Waals surface area contributed by atoms with Gasteiger partial charge in [-0.15, -0.1) is 0 Å². The molecule has 1 amide bonds. The fraction of sp³-hybridized carbons (Fsp3) is 0.500. The molecule has 1 atom stereocenters. The zero-order valence-corrected chi connectivity index (χ0v) is 8.87. The van der Waals surface area contributed by atoms with E-state index in [1.54, 1.807) is 0 Å². The normalized spacial score (nSPS) is 12.5. The van der Waals surface area contributed by atoms with Gasteiger partial charge in [-0.05, 0) is 5.92 Å². The summed E-state index contributed by atoms with van der Waals surface area (Å²) in [6.07, 6.45) is 1.38. The van der Waals surface area contributed by atoms with E-state index in [2.05, 4.69) is 30.9 Å². The number of nitrogens with zero attached hydrogens (tertiary/aromatic N) is 1. The van der Waals surface area contributed by atoms with Crippen molar-refractivity contribution >= 4 is 21.8 Å². The van der Waals surface area contributed by atoms with Gasteiger partial charge in [0.15, 0.2) is 5.69 Å². The van der Waals surface area contributed by atoms with Crippen molar-refractivity contribution in [2.45, 2.75) is 6.92 Å². The van der Waals surface area contributed by atoms with Crippen LogP contribution in [0.15, 0.2) is 16.9 Å². The number of hydrogen-bond acceptors (Lipinski definition) is 3. The van der Waals surface area contributed by atoms with Crippen LogP contribution in [0.4, 0.5) is 0 Å². The van der Waals surface area contributed by atoms with E-state index in [1.165, 1.54) is 12.3 Å². The van der Waals surface area contributed by atoms with Crippen LogP contribution in [-0.4, -0.2) is 22.9 Å². The highest BCUT2D eigenvalue weighted by molar-refractivity contribution is 9.09. The maximum absolute atomic E-state index is 11.3. The molecule has 0 saturated heterocycles. The van der Waals surface area contributed by atoms with Gasteiger partial charge in [-0.3, -0.25) is 4.79 Å². The van der Waals surface area contributed by atoms with Crippen molar-refractivity contribution in [1.29, 1.82) is 0 Å². The first-order valence-electron chi connectivity index (χ1n) is 3.98. The van der Waals surface area contributed by atoms with Crippen molar-refractivity contribution in [2.24, 2.45) is 5.92 Å². The van der Waals surface area contributed by atoms with Crippen LogP contribution in [0.5, 0.6) is 0 Å². The van der Waals surface area contributed by atoms with E-state index in [-0.39, 0.29) is 5.91 Å². The summed E-state index contributed by atoms with van der Waals surface area (Å²) in [4.78, 5) is 11.3. The summed E-state index contributed by atoms with van der Waals surface area (Å²) in [5.74, 6) is 0.220. The number of amides is 1. The molecule has 4 nitrogen and oxygen atoms in total. The quantitative estimate of drug-likeness (QED) is 0.819. The molecular weight excluding hydrogens is 236 g/mol. The summed E-state index contributed by atoms with van der Waals surface area (Å²) in [6.45, 7) is 2.68. The zero-order valence-electron chi connectivity index (χ0n) is 7.29. The topological polar surface area (TPSA) is 55.1 Å². The number of halogens is 1. The van der Waals surface area contributed by atoms with Gasteiger partial charge in [0, 0.05) is 17.9 Å². The van der Waals surface area contributed by atoms with Crippen molar-refractivity contribution in [3.8, 4) is 0 Å². The molecule has 1 aromatic rings. The monoisotopic (exact) mass is 246 g/mol. The Morgan fingerprint density at radius 1 is 1.85 bits per heavy atom. The first-order chi connectivity index (χ1) is 6.24. The summed E-state index contributed by atoms with van der Waals surface area (Å²) >= 11 is 3.33. The van der Waals surface area contributed by atoms with Crippen LogP contribution in [0, 0.1) is 5.92 Å². The Kier molecular flexibility index (Phi) is 3.95. The molecule has 1 unspecified atom stereocenters. The molecule has 0 fully saturated rings. The third-order valence-electron chi connectivity index (χ3n) is 1.54. The lowest BCUT2D eigenvalue weighted by atomic mass is 10.2. The lowest BCUT2D eigenvalue weighted by Crippen LogP contribution is -2.28. The molecule has 0 saturated carbocycles. The number of carbonyl (C=O) groups is 1. The molecule has 1 rings (SSSR count). The molecule has 5 heteroatoms. The zero-order chi connectivity index (χ0) is 9.68. The van der Waals surface area contributed by atoms with Gasteiger partial charge in [-0.1, -0.05) is 28.0 Å². The molecule has 0 aliphatic rings. The van der Waals surface area contributed by atoms with Crippen molar-refractivity contribution in [1.82, 2.24) is 10.5 Å². The Morgan fingerprint density at radius 2 is 2.62 bits per heavy atom. The highest BCUT2D eigenvalue weighted by Crippen LogP contribution is 1.99. The Hall–Kier alpha value is -0.840. The molecule has 1 heterocycles. The van der Waals surface area contributed by atoms with E-state index in [0.717, 1.165) is 5.33 Å². The maximum atomic E-state index is 11.3. The smallest absolute Gasteiger partial charge is 0.273 e. The molecule has 0 bridgehead atoms. The third-order valence-corrected chi connectivity index (χ3v) is 2.65. The van der Waals surface area contributed by atoms with E-state index < -0.39 is 0 Å². The predicted octanol–water partition coefficient (Wildman–Crippen LogP) is 1.44. The van der Waals surface area contributed by atoms with Crippen LogP contribution in [0.1, 0.15) is 17.4 Å². The molecule has 1 N–H and O–H groups in total. The minimum absolute atomic E-state index is 0.193. The standard InChI is InChI=1S/C8H11BrN2O2/c1-6(4-9)5-10-8(12)7-2-3-13-11-7/h2-3,6H,4-5H2,1H3,(H,10,12). The minimum Gasteiger partial charge on any atom is -0.364 e. The average Bonchev–Trinajstić information content (AvgIpc) is 2.66. The third kappa shape index (κ3) is 3.18. The van der Waals surface area contributed by atoms with Crippen LogP contribution in [-0.2, 0) is 0 Å². The lowest BCUT2D eigenvalue weighted by Gasteiger charge is -2.07. The van der Waals surface area contributed by atoms with Crippen molar-refractivity contribution in [3.05, 3.63) is 18.0 Å². The highest BCUT2D eigenvalue weighted by atomic mass is 79.9. The summed E-state index contributed by atoms with van der Waals surface area (Å²) < 4.78 is 4.55. The van der Waals surface area contributed by atoms with E-state index in [4.69, 9.17) is 0 Å². The van der Waals surface area contributed by atoms with Gasteiger partial charge in [0.25, 0.3) is 5.91 Å². The predicted molar refractivity (Wildman–Crippen MR) is 51.8 cm³/mol. The number of carbonyl (C=O) groups excluding carboxylic acids is 1. The molecule has 0 radical (unpaired) electrons. The van der Waals surface area contributed by atoms with E-state index in [0.29, 0.717) is 18.2 Å². The van der Waals surface area contributed by atoms with E-state index >= 15 is 0 Å². The van der Waals surface area contributed by atoms with Crippen molar-refractivity contribution in [2.75, 3.05) is 11.9 Å². The lowest BCUT2D eigenvalue weighted by molar-refractivity contribution is 0.0940. The molecule has 13 heavy (non-hydrogen) atoms. The van der Waals surface area contributed by atoms with Crippen LogP contribution in [0.3, 0.4) is 0 Å². The first kappa shape index (κ1) is 10.2. The average molecular weight is 247 g/mol. The SMILES string of the molecule is CC(CBr)CNC(=O)c1ccon1. The molecule has 72 valence electrons. The Morgan fingerprint density at radius 3 is 3.15 bits per heavy atom. The van der Waals surface area contributed by atoms with Crippen LogP contribution >= 0.6 is 15.9 Å². The Labute approximate surface area is 84.8 Å². The fourth-order valence-corrected chi connectivity index (χ4v) is 0.971. The first-order valence-corrected chi connectivity index (χ1v) is 5.10. The highest BCUT2D eigenvalue weighted by Gasteiger charge is 2.09. The van der Waals surface area contributed by atoms with Crippen LogP contribution in [0.2, 0.25) is 0 Å². The Bertz CT molecular complexity index is 261. The van der Waals surface area contributed by atoms with Gasteiger partial charge in [0.1, 0.15) is 6.26 Å². The second kappa shape index (κ2) is 5.01. The molecule has 0 spiro atoms. The minimum atomic E-state index is -0.193. The van der Waals surface area contributed by atoms with Crippen LogP contribution < -0.4 is 5.32 Å². The Balaban J connectivity index is 2.35. The second-order valence-corrected chi connectivity index (χ2v) is 3.50. The number of rotatable bonds is 4. The molecule has 0 aliphatic carbocycles. The van der Waals surface area contributed by atoms with Gasteiger partial charge < -0.3 is 9.84 Å². The molecule has 1 aromatic heterocycles. The summed E-state index contributed by atoms with van der Waals surface area (Å²) in [5.41, 5.74) is 0.321. The van der Waals surface area contributed by atoms with Gasteiger partial charge in [-0.25, -0.2) is 0 Å². The van der Waals surface area contributed by atoms with Crippen molar-refractivity contribution in [3.63, 3.8) is 0 Å². The number of aromatic nitrogens is 1. The van der Waals surface area contributed by atoms with Crippen LogP contribution in [0.25, 0.3) is 0 Å². The van der Waals surface area contributed by atoms with Gasteiger partial charge in [-0.2, -0.15) is 0 Å². The summed E-state index contributed by atoms with van der Waals surface area (Å²) in [5, 5.41) is 7.13. The number of hydrogen-bond donors (Lipinski definition) is 1. The summed E-state index contributed by atoms with van der Waals surface area (Å²) in [6, 6.07) is 1.54. The van der Waals surface area contributed by atoms with Crippen molar-refractivity contribution < 1.29 is 9.32 Å². The van der Waals surface area contributed by atoms with E-state index in [9.17, 15) is 4.79 Å². The van der Waals surface area contributed by atoms with Gasteiger partial charge >= 0.3 is 0 Å². The summed E-state index contributed by atoms with van der Waals surface area (Å²) in [7, 11) is 0. The molecule has 0 aromatic carbocycles. The largest absolute Gasteiger partial charge is 0.364 e. The van der Waals surface area contributed by atoms with E-state index in [1.807, 2.05) is 6.92 Å². The maximum Gasteiger partial charge on any atom is 0.273 e. The molecular formula is C8H11BrN2O2. The second-order valence-electron chi connectivity index (χ2n) is 2.85. The number of nitrogens with one attached hydrogen (secondary N) is 1. The van der Waals surface area contributed by atoms with Gasteiger partial charge in [0.2, 0.25) is 0 Å². The molecule has 0 aliphatic heterocycles. The van der Waals surface area contributed by atoms with Gasteiger partial charge in [0.05, 0.1) is 0 Å². The number of alkyl halides is 1.